The second-order valence-electron chi connectivity index (χ2n) is 5.10. The van der Waals surface area contributed by atoms with E-state index in [1.54, 1.807) is 0 Å². The van der Waals surface area contributed by atoms with Crippen LogP contribution in [0, 0.1) is 0 Å². The lowest BCUT2D eigenvalue weighted by atomic mass is 10.2. The molecule has 0 saturated heterocycles. The topological polar surface area (TPSA) is 41.3 Å². The third-order valence-electron chi connectivity index (χ3n) is 3.49. The number of aliphatic hydroxyl groups is 1. The summed E-state index contributed by atoms with van der Waals surface area (Å²) in [4.78, 5) is 6.97. The molecule has 0 fully saturated rings. The minimum Gasteiger partial charge on any atom is -0.396 e. The van der Waals surface area contributed by atoms with Crippen LogP contribution >= 0.6 is 0 Å². The monoisotopic (exact) mass is 261 g/mol. The van der Waals surface area contributed by atoms with Gasteiger partial charge in [-0.3, -0.25) is 4.90 Å². The number of aliphatic hydroxyl groups excluding tert-OH is 1. The van der Waals surface area contributed by atoms with Gasteiger partial charge in [0.25, 0.3) is 0 Å². The van der Waals surface area contributed by atoms with E-state index in [0.29, 0.717) is 6.61 Å². The molecule has 4 heteroatoms. The number of rotatable bonds is 7. The summed E-state index contributed by atoms with van der Waals surface area (Å²) in [5, 5.41) is 8.76. The van der Waals surface area contributed by atoms with Gasteiger partial charge in [-0.2, -0.15) is 0 Å². The van der Waals surface area contributed by atoms with E-state index in [1.165, 1.54) is 5.52 Å². The second-order valence-corrected chi connectivity index (χ2v) is 5.10. The van der Waals surface area contributed by atoms with Gasteiger partial charge in [-0.15, -0.1) is 0 Å². The maximum atomic E-state index is 8.76. The molecular formula is C15H23N3O. The average Bonchev–Trinajstić information content (AvgIpc) is 2.72. The summed E-state index contributed by atoms with van der Waals surface area (Å²) in [5.74, 6) is 1.10. The predicted octanol–water partition coefficient (Wildman–Crippen LogP) is 2.17. The molecule has 0 saturated carbocycles. The number of aryl methyl sites for hydroxylation is 1. The molecule has 0 bridgehead atoms. The number of aromatic nitrogens is 2. The smallest absolute Gasteiger partial charge is 0.123 e. The van der Waals surface area contributed by atoms with Crippen molar-refractivity contribution in [3.63, 3.8) is 0 Å². The van der Waals surface area contributed by atoms with Gasteiger partial charge >= 0.3 is 0 Å². The van der Waals surface area contributed by atoms with Gasteiger partial charge in [0.15, 0.2) is 0 Å². The van der Waals surface area contributed by atoms with Crippen LogP contribution < -0.4 is 0 Å². The van der Waals surface area contributed by atoms with Crippen molar-refractivity contribution in [2.24, 2.45) is 7.05 Å². The molecule has 0 atom stereocenters. The first-order chi connectivity index (χ1) is 9.22. The summed E-state index contributed by atoms with van der Waals surface area (Å²) in [6.45, 7) is 2.21. The van der Waals surface area contributed by atoms with E-state index in [-0.39, 0.29) is 0 Å². The molecule has 0 aliphatic heterocycles. The van der Waals surface area contributed by atoms with Crippen LogP contribution in [0.25, 0.3) is 11.0 Å². The molecule has 2 aromatic rings. The fraction of sp³-hybridized carbons (Fsp3) is 0.533. The molecule has 0 spiro atoms. The lowest BCUT2D eigenvalue weighted by Crippen LogP contribution is -2.21. The van der Waals surface area contributed by atoms with E-state index in [1.807, 2.05) is 12.1 Å². The van der Waals surface area contributed by atoms with Gasteiger partial charge in [-0.05, 0) is 45.0 Å². The quantitative estimate of drug-likeness (QED) is 0.777. The van der Waals surface area contributed by atoms with Gasteiger partial charge in [0, 0.05) is 13.7 Å². The molecule has 104 valence electrons. The molecule has 0 radical (unpaired) electrons. The van der Waals surface area contributed by atoms with E-state index >= 15 is 0 Å². The van der Waals surface area contributed by atoms with Gasteiger partial charge in [-0.1, -0.05) is 12.1 Å². The average molecular weight is 261 g/mol. The largest absolute Gasteiger partial charge is 0.396 e. The van der Waals surface area contributed by atoms with Gasteiger partial charge in [0.1, 0.15) is 5.82 Å². The molecule has 1 N–H and O–H groups in total. The standard InChI is InChI=1S/C15H23N3O/c1-17(10-6-3-7-11-19)12-15-16-13-8-4-5-9-14(13)18(15)2/h4-5,8-9,19H,3,6-7,10-12H2,1-2H3. The highest BCUT2D eigenvalue weighted by molar-refractivity contribution is 5.75. The molecular weight excluding hydrogens is 238 g/mol. The lowest BCUT2D eigenvalue weighted by molar-refractivity contribution is 0.269. The molecule has 0 aliphatic carbocycles. The fourth-order valence-electron chi connectivity index (χ4n) is 2.33. The molecule has 1 aromatic heterocycles. The van der Waals surface area contributed by atoms with Crippen LogP contribution in [-0.4, -0.2) is 39.8 Å². The van der Waals surface area contributed by atoms with Gasteiger partial charge in [-0.25, -0.2) is 4.98 Å². The van der Waals surface area contributed by atoms with E-state index in [2.05, 4.69) is 40.7 Å². The summed E-state index contributed by atoms with van der Waals surface area (Å²) < 4.78 is 2.17. The van der Waals surface area contributed by atoms with Crippen molar-refractivity contribution in [1.29, 1.82) is 0 Å². The summed E-state index contributed by atoms with van der Waals surface area (Å²) in [5.41, 5.74) is 2.25. The highest BCUT2D eigenvalue weighted by Gasteiger charge is 2.09. The molecule has 19 heavy (non-hydrogen) atoms. The number of unbranched alkanes of at least 4 members (excludes halogenated alkanes) is 2. The van der Waals surface area contributed by atoms with E-state index < -0.39 is 0 Å². The number of nitrogens with zero attached hydrogens (tertiary/aromatic N) is 3. The van der Waals surface area contributed by atoms with Crippen LogP contribution in [0.3, 0.4) is 0 Å². The van der Waals surface area contributed by atoms with E-state index in [9.17, 15) is 0 Å². The normalized spacial score (nSPS) is 11.6. The summed E-state index contributed by atoms with van der Waals surface area (Å²) >= 11 is 0. The SMILES string of the molecule is CN(CCCCCO)Cc1nc2ccccc2n1C. The lowest BCUT2D eigenvalue weighted by Gasteiger charge is -2.16. The fourth-order valence-corrected chi connectivity index (χ4v) is 2.33. The number of hydrogen-bond donors (Lipinski definition) is 1. The van der Waals surface area contributed by atoms with Crippen LogP contribution in [0.2, 0.25) is 0 Å². The van der Waals surface area contributed by atoms with Crippen molar-refractivity contribution in [3.8, 4) is 0 Å². The van der Waals surface area contributed by atoms with Crippen LogP contribution in [0.15, 0.2) is 24.3 Å². The third-order valence-corrected chi connectivity index (χ3v) is 3.49. The zero-order valence-corrected chi connectivity index (χ0v) is 11.8. The summed E-state index contributed by atoms with van der Waals surface area (Å²) in [6, 6.07) is 8.23. The summed E-state index contributed by atoms with van der Waals surface area (Å²) in [6.07, 6.45) is 3.12. The maximum absolute atomic E-state index is 8.76. The van der Waals surface area contributed by atoms with Gasteiger partial charge in [0.05, 0.1) is 17.6 Å². The number of para-hydroxylation sites is 2. The molecule has 2 rings (SSSR count). The minimum atomic E-state index is 0.300. The Hall–Kier alpha value is -1.39. The Bertz CT molecular complexity index is 521. The molecule has 0 amide bonds. The summed E-state index contributed by atoms with van der Waals surface area (Å²) in [7, 11) is 4.20. The Morgan fingerprint density at radius 2 is 2.00 bits per heavy atom. The number of hydrogen-bond acceptors (Lipinski definition) is 3. The molecule has 1 heterocycles. The van der Waals surface area contributed by atoms with Gasteiger partial charge < -0.3 is 9.67 Å². The van der Waals surface area contributed by atoms with Crippen LogP contribution in [0.4, 0.5) is 0 Å². The Morgan fingerprint density at radius 1 is 1.21 bits per heavy atom. The Kier molecular flexibility index (Phi) is 4.93. The molecule has 0 unspecified atom stereocenters. The predicted molar refractivity (Wildman–Crippen MR) is 78.0 cm³/mol. The Balaban J connectivity index is 1.95. The number of fused-ring (bicyclic) bond motifs is 1. The van der Waals surface area contributed by atoms with Crippen molar-refractivity contribution >= 4 is 11.0 Å². The Labute approximate surface area is 114 Å². The van der Waals surface area contributed by atoms with Crippen molar-refractivity contribution in [1.82, 2.24) is 14.5 Å². The van der Waals surface area contributed by atoms with Gasteiger partial charge in [0.2, 0.25) is 0 Å². The van der Waals surface area contributed by atoms with Crippen molar-refractivity contribution in [3.05, 3.63) is 30.1 Å². The van der Waals surface area contributed by atoms with Crippen molar-refractivity contribution in [2.75, 3.05) is 20.2 Å². The minimum absolute atomic E-state index is 0.300. The zero-order chi connectivity index (χ0) is 13.7. The zero-order valence-electron chi connectivity index (χ0n) is 11.8. The molecule has 1 aromatic carbocycles. The van der Waals surface area contributed by atoms with Crippen molar-refractivity contribution < 1.29 is 5.11 Å². The van der Waals surface area contributed by atoms with Crippen LogP contribution in [0.1, 0.15) is 25.1 Å². The first-order valence-electron chi connectivity index (χ1n) is 6.92. The highest BCUT2D eigenvalue weighted by Crippen LogP contribution is 2.15. The van der Waals surface area contributed by atoms with Crippen LogP contribution in [-0.2, 0) is 13.6 Å². The first kappa shape index (κ1) is 14.0. The number of imidazole rings is 1. The van der Waals surface area contributed by atoms with Crippen molar-refractivity contribution in [2.45, 2.75) is 25.8 Å². The Morgan fingerprint density at radius 3 is 2.74 bits per heavy atom. The van der Waals surface area contributed by atoms with E-state index in [4.69, 9.17) is 5.11 Å². The third kappa shape index (κ3) is 3.55. The molecule has 0 aliphatic rings. The second kappa shape index (κ2) is 6.68. The highest BCUT2D eigenvalue weighted by atomic mass is 16.2. The first-order valence-corrected chi connectivity index (χ1v) is 6.92. The van der Waals surface area contributed by atoms with E-state index in [0.717, 1.165) is 43.7 Å². The number of benzene rings is 1. The maximum Gasteiger partial charge on any atom is 0.123 e. The van der Waals surface area contributed by atoms with Crippen LogP contribution in [0.5, 0.6) is 0 Å². The molecule has 4 nitrogen and oxygen atoms in total.